The van der Waals surface area contributed by atoms with E-state index in [0.717, 1.165) is 49.6 Å². The van der Waals surface area contributed by atoms with E-state index in [4.69, 9.17) is 0 Å². The number of nitrogens with one attached hydrogen (secondary N) is 3. The first-order chi connectivity index (χ1) is 14.7. The topological polar surface area (TPSA) is 85.8 Å². The van der Waals surface area contributed by atoms with Crippen LogP contribution in [-0.2, 0) is 16.1 Å². The molecule has 2 aliphatic rings. The summed E-state index contributed by atoms with van der Waals surface area (Å²) in [5.41, 5.74) is 2.05. The molecule has 3 rings (SSSR count). The van der Waals surface area contributed by atoms with Crippen LogP contribution in [0.15, 0.2) is 29.3 Å². The Labute approximate surface area is 202 Å². The maximum Gasteiger partial charge on any atom is 0.227 e. The monoisotopic (exact) mass is 541 g/mol. The second-order valence-electron chi connectivity index (χ2n) is 8.06. The van der Waals surface area contributed by atoms with Gasteiger partial charge in [0.2, 0.25) is 11.8 Å². The molecule has 1 aliphatic heterocycles. The first-order valence-corrected chi connectivity index (χ1v) is 11.4. The van der Waals surface area contributed by atoms with Crippen LogP contribution < -0.4 is 20.9 Å². The van der Waals surface area contributed by atoms with Crippen molar-refractivity contribution in [2.75, 3.05) is 31.1 Å². The van der Waals surface area contributed by atoms with Crippen molar-refractivity contribution in [1.29, 1.82) is 0 Å². The molecule has 7 nitrogen and oxygen atoms in total. The molecule has 3 N–H and O–H groups in total. The zero-order valence-corrected chi connectivity index (χ0v) is 20.8. The Morgan fingerprint density at radius 1 is 1.03 bits per heavy atom. The molecule has 31 heavy (non-hydrogen) atoms. The number of benzene rings is 1. The molecule has 0 radical (unpaired) electrons. The molecule has 0 unspecified atom stereocenters. The first kappa shape index (κ1) is 25.4. The Kier molecular flexibility index (Phi) is 11.1. The molecule has 0 spiro atoms. The van der Waals surface area contributed by atoms with E-state index < -0.39 is 0 Å². The Bertz CT molecular complexity index is 732. The summed E-state index contributed by atoms with van der Waals surface area (Å²) in [5.74, 6) is 1.33. The molecule has 2 amide bonds. The minimum atomic E-state index is 0. The second kappa shape index (κ2) is 13.5. The SMILES string of the molecule is CCNC(=NCc1ccc(N2CCCC2=O)cc1)NCCNC(=O)C1CCCCC1.I. The van der Waals surface area contributed by atoms with Crippen molar-refractivity contribution in [1.82, 2.24) is 16.0 Å². The van der Waals surface area contributed by atoms with Gasteiger partial charge >= 0.3 is 0 Å². The van der Waals surface area contributed by atoms with E-state index >= 15 is 0 Å². The summed E-state index contributed by atoms with van der Waals surface area (Å²) in [5, 5.41) is 9.57. The van der Waals surface area contributed by atoms with Gasteiger partial charge in [-0.25, -0.2) is 4.99 Å². The molecule has 0 aromatic heterocycles. The average Bonchev–Trinajstić information content (AvgIpc) is 3.21. The van der Waals surface area contributed by atoms with E-state index in [1.165, 1.54) is 19.3 Å². The van der Waals surface area contributed by atoms with Gasteiger partial charge in [-0.3, -0.25) is 9.59 Å². The maximum absolute atomic E-state index is 12.2. The van der Waals surface area contributed by atoms with Gasteiger partial charge in [0.05, 0.1) is 6.54 Å². The van der Waals surface area contributed by atoms with E-state index in [0.29, 0.717) is 26.1 Å². The number of aliphatic imine (C=N–C) groups is 1. The molecule has 1 heterocycles. The predicted octanol–water partition coefficient (Wildman–Crippen LogP) is 3.18. The lowest BCUT2D eigenvalue weighted by Crippen LogP contribution is -2.42. The molecule has 1 aromatic rings. The number of anilines is 1. The zero-order chi connectivity index (χ0) is 21.2. The van der Waals surface area contributed by atoms with Gasteiger partial charge < -0.3 is 20.9 Å². The lowest BCUT2D eigenvalue weighted by atomic mass is 9.89. The number of nitrogens with zero attached hydrogens (tertiary/aromatic N) is 2. The third-order valence-corrected chi connectivity index (χ3v) is 5.78. The highest BCUT2D eigenvalue weighted by Crippen LogP contribution is 2.23. The molecule has 0 atom stereocenters. The van der Waals surface area contributed by atoms with E-state index in [1.807, 2.05) is 36.1 Å². The molecule has 172 valence electrons. The molecular weight excluding hydrogens is 505 g/mol. The summed E-state index contributed by atoms with van der Waals surface area (Å²) in [4.78, 5) is 30.6. The molecule has 2 fully saturated rings. The van der Waals surface area contributed by atoms with E-state index in [1.54, 1.807) is 0 Å². The molecule has 0 bridgehead atoms. The van der Waals surface area contributed by atoms with Crippen molar-refractivity contribution in [2.45, 2.75) is 58.4 Å². The number of hydrogen-bond acceptors (Lipinski definition) is 3. The van der Waals surface area contributed by atoms with Crippen molar-refractivity contribution in [2.24, 2.45) is 10.9 Å². The van der Waals surface area contributed by atoms with Gasteiger partial charge in [0.15, 0.2) is 5.96 Å². The Balaban J connectivity index is 0.00000341. The molecule has 1 saturated heterocycles. The highest BCUT2D eigenvalue weighted by molar-refractivity contribution is 14.0. The minimum Gasteiger partial charge on any atom is -0.357 e. The summed E-state index contributed by atoms with van der Waals surface area (Å²) in [7, 11) is 0. The van der Waals surface area contributed by atoms with Crippen LogP contribution in [0.3, 0.4) is 0 Å². The molecule has 1 aliphatic carbocycles. The summed E-state index contributed by atoms with van der Waals surface area (Å²) in [6, 6.07) is 8.04. The summed E-state index contributed by atoms with van der Waals surface area (Å²) in [6.45, 7) is 5.40. The lowest BCUT2D eigenvalue weighted by Gasteiger charge is -2.21. The number of halogens is 1. The van der Waals surface area contributed by atoms with E-state index in [-0.39, 0.29) is 41.7 Å². The normalized spacial score (nSPS) is 17.3. The number of hydrogen-bond donors (Lipinski definition) is 3. The van der Waals surface area contributed by atoms with Gasteiger partial charge in [0.25, 0.3) is 0 Å². The van der Waals surface area contributed by atoms with Crippen LogP contribution in [0.25, 0.3) is 0 Å². The Morgan fingerprint density at radius 2 is 1.74 bits per heavy atom. The second-order valence-corrected chi connectivity index (χ2v) is 8.06. The minimum absolute atomic E-state index is 0. The maximum atomic E-state index is 12.2. The predicted molar refractivity (Wildman–Crippen MR) is 136 cm³/mol. The quantitative estimate of drug-likeness (QED) is 0.204. The van der Waals surface area contributed by atoms with E-state index in [9.17, 15) is 9.59 Å². The number of guanidine groups is 1. The smallest absolute Gasteiger partial charge is 0.227 e. The number of carbonyl (C=O) groups excluding carboxylic acids is 2. The third kappa shape index (κ3) is 7.97. The van der Waals surface area contributed by atoms with Crippen molar-refractivity contribution in [3.8, 4) is 0 Å². The van der Waals surface area contributed by atoms with Gasteiger partial charge in [-0.05, 0) is 43.9 Å². The zero-order valence-electron chi connectivity index (χ0n) is 18.5. The van der Waals surface area contributed by atoms with Crippen LogP contribution in [0, 0.1) is 5.92 Å². The summed E-state index contributed by atoms with van der Waals surface area (Å²) in [6.07, 6.45) is 7.22. The van der Waals surface area contributed by atoms with Crippen molar-refractivity contribution < 1.29 is 9.59 Å². The fourth-order valence-electron chi connectivity index (χ4n) is 4.09. The van der Waals surface area contributed by atoms with Crippen molar-refractivity contribution >= 4 is 47.4 Å². The highest BCUT2D eigenvalue weighted by atomic mass is 127. The van der Waals surface area contributed by atoms with Gasteiger partial charge in [0, 0.05) is 44.2 Å². The van der Waals surface area contributed by atoms with Gasteiger partial charge in [-0.1, -0.05) is 31.4 Å². The van der Waals surface area contributed by atoms with Gasteiger partial charge in [0.1, 0.15) is 0 Å². The number of rotatable bonds is 8. The fraction of sp³-hybridized carbons (Fsp3) is 0.609. The van der Waals surface area contributed by atoms with Crippen molar-refractivity contribution in [3.05, 3.63) is 29.8 Å². The molecule has 1 saturated carbocycles. The molecule has 1 aromatic carbocycles. The third-order valence-electron chi connectivity index (χ3n) is 5.78. The van der Waals surface area contributed by atoms with E-state index in [2.05, 4.69) is 20.9 Å². The average molecular weight is 541 g/mol. The van der Waals surface area contributed by atoms with Gasteiger partial charge in [-0.15, -0.1) is 24.0 Å². The van der Waals surface area contributed by atoms with Crippen LogP contribution in [0.1, 0.15) is 57.4 Å². The molecule has 8 heteroatoms. The van der Waals surface area contributed by atoms with Crippen LogP contribution in [0.4, 0.5) is 5.69 Å². The fourth-order valence-corrected chi connectivity index (χ4v) is 4.09. The van der Waals surface area contributed by atoms with Crippen LogP contribution in [-0.4, -0.2) is 44.0 Å². The molecular formula is C23H36IN5O2. The van der Waals surface area contributed by atoms with Crippen LogP contribution in [0.2, 0.25) is 0 Å². The standard InChI is InChI=1S/C23H35N5O2.HI/c1-2-24-23(26-15-14-25-22(30)19-7-4-3-5-8-19)27-17-18-10-12-20(13-11-18)28-16-6-9-21(28)29;/h10-13,19H,2-9,14-17H2,1H3,(H,25,30)(H2,24,26,27);1H. The van der Waals surface area contributed by atoms with Crippen LogP contribution >= 0.6 is 24.0 Å². The highest BCUT2D eigenvalue weighted by Gasteiger charge is 2.21. The number of amides is 2. The summed E-state index contributed by atoms with van der Waals surface area (Å²) < 4.78 is 0. The Hall–Kier alpha value is -1.84. The first-order valence-electron chi connectivity index (χ1n) is 11.4. The van der Waals surface area contributed by atoms with Gasteiger partial charge in [-0.2, -0.15) is 0 Å². The van der Waals surface area contributed by atoms with Crippen LogP contribution in [0.5, 0.6) is 0 Å². The number of carbonyl (C=O) groups is 2. The lowest BCUT2D eigenvalue weighted by molar-refractivity contribution is -0.125. The van der Waals surface area contributed by atoms with Crippen molar-refractivity contribution in [3.63, 3.8) is 0 Å². The summed E-state index contributed by atoms with van der Waals surface area (Å²) >= 11 is 0. The Morgan fingerprint density at radius 3 is 2.39 bits per heavy atom. The largest absolute Gasteiger partial charge is 0.357 e.